The Kier molecular flexibility index (Phi) is 4.93. The van der Waals surface area contributed by atoms with Gasteiger partial charge in [-0.2, -0.15) is 0 Å². The molecule has 1 unspecified atom stereocenters. The van der Waals surface area contributed by atoms with Crippen LogP contribution < -0.4 is 10.9 Å². The van der Waals surface area contributed by atoms with Gasteiger partial charge in [0.25, 0.3) is 5.56 Å². The maximum absolute atomic E-state index is 13.2. The molecular weight excluding hydrogens is 382 g/mol. The van der Waals surface area contributed by atoms with Gasteiger partial charge in [-0.1, -0.05) is 41.6 Å². The van der Waals surface area contributed by atoms with E-state index in [1.54, 1.807) is 30.3 Å². The lowest BCUT2D eigenvalue weighted by Gasteiger charge is -2.16. The third kappa shape index (κ3) is 3.87. The lowest BCUT2D eigenvalue weighted by molar-refractivity contribution is -0.120. The second kappa shape index (κ2) is 7.37. The van der Waals surface area contributed by atoms with Gasteiger partial charge in [0.15, 0.2) is 5.16 Å². The maximum Gasteiger partial charge on any atom is 0.266 e. The summed E-state index contributed by atoms with van der Waals surface area (Å²) in [6, 6.07) is 14.6. The monoisotopic (exact) mass is 399 g/mol. The lowest BCUT2D eigenvalue weighted by atomic mass is 10.2. The number of hydrogen-bond acceptors (Lipinski definition) is 4. The van der Waals surface area contributed by atoms with Crippen LogP contribution in [0.1, 0.15) is 19.8 Å². The van der Waals surface area contributed by atoms with Crippen molar-refractivity contribution in [2.45, 2.75) is 36.2 Å². The fourth-order valence-electron chi connectivity index (χ4n) is 2.79. The molecule has 0 bridgehead atoms. The summed E-state index contributed by atoms with van der Waals surface area (Å²) in [6.07, 6.45) is 2.06. The molecule has 138 valence electrons. The lowest BCUT2D eigenvalue weighted by Crippen LogP contribution is -2.33. The number of rotatable bonds is 5. The minimum Gasteiger partial charge on any atom is -0.352 e. The predicted molar refractivity (Wildman–Crippen MR) is 109 cm³/mol. The summed E-state index contributed by atoms with van der Waals surface area (Å²) in [5.74, 6) is -0.0393. The summed E-state index contributed by atoms with van der Waals surface area (Å²) >= 11 is 7.41. The van der Waals surface area contributed by atoms with E-state index in [2.05, 4.69) is 10.3 Å². The molecule has 0 aliphatic heterocycles. The first-order chi connectivity index (χ1) is 13.0. The number of thioether (sulfide) groups is 1. The molecule has 0 spiro atoms. The number of fused-ring (bicyclic) bond motifs is 1. The van der Waals surface area contributed by atoms with Crippen molar-refractivity contribution in [3.8, 4) is 5.69 Å². The van der Waals surface area contributed by atoms with Gasteiger partial charge in [0.05, 0.1) is 21.8 Å². The Morgan fingerprint density at radius 1 is 1.26 bits per heavy atom. The molecule has 5 nitrogen and oxygen atoms in total. The van der Waals surface area contributed by atoms with E-state index in [9.17, 15) is 9.59 Å². The van der Waals surface area contributed by atoms with Crippen molar-refractivity contribution >= 4 is 40.2 Å². The van der Waals surface area contributed by atoms with Gasteiger partial charge in [0.1, 0.15) is 0 Å². The number of benzene rings is 2. The SMILES string of the molecule is CC(Sc1nc2ccccc2c(=O)n1-c1cccc(Cl)c1)C(=O)NC1CC1. The molecule has 7 heteroatoms. The summed E-state index contributed by atoms with van der Waals surface area (Å²) in [4.78, 5) is 30.2. The van der Waals surface area contributed by atoms with Crippen molar-refractivity contribution < 1.29 is 4.79 Å². The Bertz CT molecular complexity index is 1080. The van der Waals surface area contributed by atoms with Crippen LogP contribution in [0, 0.1) is 0 Å². The summed E-state index contributed by atoms with van der Waals surface area (Å²) in [5.41, 5.74) is 1.06. The molecule has 1 heterocycles. The van der Waals surface area contributed by atoms with E-state index in [1.807, 2.05) is 25.1 Å². The molecule has 0 saturated heterocycles. The largest absolute Gasteiger partial charge is 0.352 e. The third-order valence-corrected chi connectivity index (χ3v) is 5.67. The molecular formula is C20H18ClN3O2S. The third-order valence-electron chi connectivity index (χ3n) is 4.39. The number of amides is 1. The zero-order valence-electron chi connectivity index (χ0n) is 14.7. The molecule has 1 aliphatic rings. The van der Waals surface area contributed by atoms with Gasteiger partial charge in [-0.05, 0) is 50.1 Å². The van der Waals surface area contributed by atoms with Crippen LogP contribution >= 0.6 is 23.4 Å². The quantitative estimate of drug-likeness (QED) is 0.523. The molecule has 27 heavy (non-hydrogen) atoms. The van der Waals surface area contributed by atoms with Crippen LogP contribution in [-0.4, -0.2) is 26.8 Å². The minimum atomic E-state index is -0.371. The van der Waals surface area contributed by atoms with E-state index >= 15 is 0 Å². The average Bonchev–Trinajstić information content (AvgIpc) is 3.46. The van der Waals surface area contributed by atoms with E-state index in [-0.39, 0.29) is 16.7 Å². The summed E-state index contributed by atoms with van der Waals surface area (Å²) in [6.45, 7) is 1.83. The van der Waals surface area contributed by atoms with E-state index in [0.29, 0.717) is 32.8 Å². The van der Waals surface area contributed by atoms with Crippen LogP contribution in [0.2, 0.25) is 5.02 Å². The first-order valence-electron chi connectivity index (χ1n) is 8.78. The molecule has 1 atom stereocenters. The number of hydrogen-bond donors (Lipinski definition) is 1. The highest BCUT2D eigenvalue weighted by atomic mass is 35.5. The highest BCUT2D eigenvalue weighted by molar-refractivity contribution is 8.00. The Labute approximate surface area is 165 Å². The van der Waals surface area contributed by atoms with Crippen LogP contribution in [0.25, 0.3) is 16.6 Å². The minimum absolute atomic E-state index is 0.0393. The van der Waals surface area contributed by atoms with Gasteiger partial charge in [-0.3, -0.25) is 14.2 Å². The van der Waals surface area contributed by atoms with Crippen molar-refractivity contribution in [2.75, 3.05) is 0 Å². The molecule has 1 amide bonds. The number of para-hydroxylation sites is 1. The number of nitrogens with zero attached hydrogens (tertiary/aromatic N) is 2. The van der Waals surface area contributed by atoms with E-state index in [0.717, 1.165) is 12.8 Å². The van der Waals surface area contributed by atoms with Gasteiger partial charge in [-0.25, -0.2) is 4.98 Å². The second-order valence-corrected chi connectivity index (χ2v) is 8.32. The molecule has 1 aromatic heterocycles. The molecule has 1 fully saturated rings. The molecule has 1 N–H and O–H groups in total. The Balaban J connectivity index is 1.81. The summed E-state index contributed by atoms with van der Waals surface area (Å²) in [5, 5.41) is 4.15. The average molecular weight is 400 g/mol. The number of carbonyl (C=O) groups is 1. The van der Waals surface area contributed by atoms with Crippen molar-refractivity contribution in [2.24, 2.45) is 0 Å². The zero-order valence-corrected chi connectivity index (χ0v) is 16.3. The number of halogens is 1. The van der Waals surface area contributed by atoms with Crippen molar-refractivity contribution in [3.05, 3.63) is 63.9 Å². The molecule has 2 aromatic carbocycles. The van der Waals surface area contributed by atoms with Gasteiger partial charge in [-0.15, -0.1) is 0 Å². The van der Waals surface area contributed by atoms with Crippen molar-refractivity contribution in [1.29, 1.82) is 0 Å². The van der Waals surface area contributed by atoms with Crippen LogP contribution in [0.15, 0.2) is 58.5 Å². The van der Waals surface area contributed by atoms with Gasteiger partial charge >= 0.3 is 0 Å². The second-order valence-electron chi connectivity index (χ2n) is 6.57. The predicted octanol–water partition coefficient (Wildman–Crippen LogP) is 3.80. The van der Waals surface area contributed by atoms with Crippen molar-refractivity contribution in [1.82, 2.24) is 14.9 Å². The Morgan fingerprint density at radius 2 is 2.04 bits per heavy atom. The van der Waals surface area contributed by atoms with Crippen molar-refractivity contribution in [3.63, 3.8) is 0 Å². The topological polar surface area (TPSA) is 64.0 Å². The molecule has 3 aromatic rings. The van der Waals surface area contributed by atoms with Crippen LogP contribution in [0.4, 0.5) is 0 Å². The van der Waals surface area contributed by atoms with Gasteiger partial charge in [0, 0.05) is 11.1 Å². The summed E-state index contributed by atoms with van der Waals surface area (Å²) < 4.78 is 1.53. The fourth-order valence-corrected chi connectivity index (χ4v) is 3.91. The molecule has 1 aliphatic carbocycles. The first-order valence-corrected chi connectivity index (χ1v) is 10.0. The number of nitrogens with one attached hydrogen (secondary N) is 1. The highest BCUT2D eigenvalue weighted by Gasteiger charge is 2.27. The molecule has 0 radical (unpaired) electrons. The van der Waals surface area contributed by atoms with E-state index in [4.69, 9.17) is 11.6 Å². The Morgan fingerprint density at radius 3 is 2.78 bits per heavy atom. The smallest absolute Gasteiger partial charge is 0.266 e. The molecule has 1 saturated carbocycles. The fraction of sp³-hybridized carbons (Fsp3) is 0.250. The van der Waals surface area contributed by atoms with Gasteiger partial charge in [0.2, 0.25) is 5.91 Å². The van der Waals surface area contributed by atoms with Crippen LogP contribution in [0.3, 0.4) is 0 Å². The maximum atomic E-state index is 13.2. The first kappa shape index (κ1) is 18.1. The Hall–Kier alpha value is -2.31. The number of aromatic nitrogens is 2. The van der Waals surface area contributed by atoms with E-state index < -0.39 is 0 Å². The van der Waals surface area contributed by atoms with E-state index in [1.165, 1.54) is 16.3 Å². The van der Waals surface area contributed by atoms with Gasteiger partial charge < -0.3 is 5.32 Å². The highest BCUT2D eigenvalue weighted by Crippen LogP contribution is 2.27. The molecule has 4 rings (SSSR count). The zero-order chi connectivity index (χ0) is 19.0. The normalized spacial score (nSPS) is 14.9. The number of carbonyl (C=O) groups excluding carboxylic acids is 1. The van der Waals surface area contributed by atoms with Crippen LogP contribution in [0.5, 0.6) is 0 Å². The summed E-state index contributed by atoms with van der Waals surface area (Å²) in [7, 11) is 0. The standard InChI is InChI=1S/C20H18ClN3O2S/c1-12(18(25)22-14-9-10-14)27-20-23-17-8-3-2-7-16(17)19(26)24(20)15-6-4-5-13(21)11-15/h2-8,11-12,14H,9-10H2,1H3,(H,22,25). The van der Waals surface area contributed by atoms with Crippen LogP contribution in [-0.2, 0) is 4.79 Å².